The molecule has 0 aliphatic carbocycles. The Balaban J connectivity index is 2.46. The summed E-state index contributed by atoms with van der Waals surface area (Å²) in [6.45, 7) is 3.77. The number of hydrogen-bond donors (Lipinski definition) is 0. The SMILES string of the molecule is Cc1cc(C#N)cc(C)c1Oc1ccc(Br)cc1C#N. The molecule has 2 rings (SSSR count). The highest BCUT2D eigenvalue weighted by molar-refractivity contribution is 9.10. The molecule has 0 aromatic heterocycles. The molecule has 98 valence electrons. The summed E-state index contributed by atoms with van der Waals surface area (Å²) >= 11 is 3.33. The molecule has 0 unspecified atom stereocenters. The molecule has 0 amide bonds. The van der Waals surface area contributed by atoms with E-state index in [2.05, 4.69) is 28.1 Å². The predicted molar refractivity (Wildman–Crippen MR) is 79.6 cm³/mol. The molecule has 0 aliphatic rings. The van der Waals surface area contributed by atoms with Crippen LogP contribution in [0.2, 0.25) is 0 Å². The van der Waals surface area contributed by atoms with Gasteiger partial charge in [0, 0.05) is 4.47 Å². The van der Waals surface area contributed by atoms with Crippen molar-refractivity contribution < 1.29 is 4.74 Å². The summed E-state index contributed by atoms with van der Waals surface area (Å²) in [6, 6.07) is 13.1. The minimum atomic E-state index is 0.461. The van der Waals surface area contributed by atoms with Gasteiger partial charge in [-0.15, -0.1) is 0 Å². The van der Waals surface area contributed by atoms with Crippen LogP contribution < -0.4 is 4.74 Å². The van der Waals surface area contributed by atoms with Crippen molar-refractivity contribution in [1.82, 2.24) is 0 Å². The Kier molecular flexibility index (Phi) is 4.08. The van der Waals surface area contributed by atoms with Gasteiger partial charge in [-0.2, -0.15) is 10.5 Å². The molecule has 3 nitrogen and oxygen atoms in total. The lowest BCUT2D eigenvalue weighted by molar-refractivity contribution is 0.473. The zero-order valence-electron chi connectivity index (χ0n) is 11.1. The van der Waals surface area contributed by atoms with Gasteiger partial charge < -0.3 is 4.74 Å². The number of benzene rings is 2. The van der Waals surface area contributed by atoms with Gasteiger partial charge >= 0.3 is 0 Å². The van der Waals surface area contributed by atoms with E-state index >= 15 is 0 Å². The molecule has 0 saturated carbocycles. The van der Waals surface area contributed by atoms with Crippen molar-refractivity contribution in [3.63, 3.8) is 0 Å². The molecule has 0 saturated heterocycles. The Morgan fingerprint density at radius 3 is 2.20 bits per heavy atom. The summed E-state index contributed by atoms with van der Waals surface area (Å²) < 4.78 is 6.69. The quantitative estimate of drug-likeness (QED) is 0.810. The highest BCUT2D eigenvalue weighted by atomic mass is 79.9. The second-order valence-corrected chi connectivity index (χ2v) is 5.32. The summed E-state index contributed by atoms with van der Waals surface area (Å²) in [5.41, 5.74) is 2.80. The van der Waals surface area contributed by atoms with Gasteiger partial charge in [0.1, 0.15) is 17.6 Å². The van der Waals surface area contributed by atoms with Gasteiger partial charge in [-0.05, 0) is 55.3 Å². The van der Waals surface area contributed by atoms with Gasteiger partial charge in [-0.3, -0.25) is 0 Å². The van der Waals surface area contributed by atoms with Crippen LogP contribution in [0.5, 0.6) is 11.5 Å². The minimum absolute atomic E-state index is 0.461. The maximum atomic E-state index is 9.15. The van der Waals surface area contributed by atoms with Crippen LogP contribution in [0.15, 0.2) is 34.8 Å². The monoisotopic (exact) mass is 326 g/mol. The molecule has 0 atom stereocenters. The van der Waals surface area contributed by atoms with Crippen LogP contribution in [0.3, 0.4) is 0 Å². The Hall–Kier alpha value is -2.30. The van der Waals surface area contributed by atoms with Gasteiger partial charge in [-0.1, -0.05) is 15.9 Å². The molecule has 4 heteroatoms. The van der Waals surface area contributed by atoms with Crippen molar-refractivity contribution in [3.05, 3.63) is 57.1 Å². The third-order valence-corrected chi connectivity index (χ3v) is 3.36. The van der Waals surface area contributed by atoms with E-state index < -0.39 is 0 Å². The Labute approximate surface area is 126 Å². The fourth-order valence-corrected chi connectivity index (χ4v) is 2.33. The topological polar surface area (TPSA) is 56.8 Å². The van der Waals surface area contributed by atoms with Crippen molar-refractivity contribution >= 4 is 15.9 Å². The maximum absolute atomic E-state index is 9.15. The van der Waals surface area contributed by atoms with Gasteiger partial charge in [-0.25, -0.2) is 0 Å². The number of nitriles is 2. The van der Waals surface area contributed by atoms with Gasteiger partial charge in [0.15, 0.2) is 0 Å². The zero-order chi connectivity index (χ0) is 14.7. The summed E-state index contributed by atoms with van der Waals surface area (Å²) in [4.78, 5) is 0. The highest BCUT2D eigenvalue weighted by Crippen LogP contribution is 2.32. The summed E-state index contributed by atoms with van der Waals surface area (Å²) in [5.74, 6) is 1.19. The lowest BCUT2D eigenvalue weighted by Crippen LogP contribution is -1.94. The molecular formula is C16H11BrN2O. The van der Waals surface area contributed by atoms with E-state index in [9.17, 15) is 0 Å². The van der Waals surface area contributed by atoms with E-state index in [1.807, 2.05) is 19.9 Å². The number of rotatable bonds is 2. The molecule has 0 N–H and O–H groups in total. The normalized spacial score (nSPS) is 9.65. The summed E-state index contributed by atoms with van der Waals surface area (Å²) in [6.07, 6.45) is 0. The zero-order valence-corrected chi connectivity index (χ0v) is 12.7. The lowest BCUT2D eigenvalue weighted by Gasteiger charge is -2.13. The van der Waals surface area contributed by atoms with Gasteiger partial charge in [0.2, 0.25) is 0 Å². The molecule has 0 aliphatic heterocycles. The lowest BCUT2D eigenvalue weighted by atomic mass is 10.1. The summed E-state index contributed by atoms with van der Waals surface area (Å²) in [5, 5.41) is 18.1. The van der Waals surface area contributed by atoms with Crippen molar-refractivity contribution in [2.45, 2.75) is 13.8 Å². The van der Waals surface area contributed by atoms with Crippen LogP contribution in [0.4, 0.5) is 0 Å². The fraction of sp³-hybridized carbons (Fsp3) is 0.125. The van der Waals surface area contributed by atoms with Crippen LogP contribution in [-0.2, 0) is 0 Å². The smallest absolute Gasteiger partial charge is 0.145 e. The van der Waals surface area contributed by atoms with Crippen LogP contribution in [0, 0.1) is 36.5 Å². The maximum Gasteiger partial charge on any atom is 0.145 e. The first-order valence-electron chi connectivity index (χ1n) is 5.94. The van der Waals surface area contributed by atoms with E-state index in [1.165, 1.54) is 0 Å². The number of hydrogen-bond acceptors (Lipinski definition) is 3. The van der Waals surface area contributed by atoms with Crippen LogP contribution in [-0.4, -0.2) is 0 Å². The molecule has 0 radical (unpaired) electrons. The standard InChI is InChI=1S/C16H11BrN2O/c1-10-5-12(8-18)6-11(2)16(10)20-15-4-3-14(17)7-13(15)9-19/h3-7H,1-2H3. The largest absolute Gasteiger partial charge is 0.455 e. The number of halogens is 1. The van der Waals surface area contributed by atoms with E-state index in [0.29, 0.717) is 22.6 Å². The van der Waals surface area contributed by atoms with Crippen LogP contribution in [0.1, 0.15) is 22.3 Å². The summed E-state index contributed by atoms with van der Waals surface area (Å²) in [7, 11) is 0. The Bertz CT molecular complexity index is 731. The van der Waals surface area contributed by atoms with E-state index in [-0.39, 0.29) is 0 Å². The molecule has 2 aromatic rings. The second-order valence-electron chi connectivity index (χ2n) is 4.41. The molecule has 0 spiro atoms. The number of aryl methyl sites for hydroxylation is 2. The molecular weight excluding hydrogens is 316 g/mol. The Morgan fingerprint density at radius 2 is 1.65 bits per heavy atom. The average Bonchev–Trinajstić information content (AvgIpc) is 2.43. The third-order valence-electron chi connectivity index (χ3n) is 2.86. The average molecular weight is 327 g/mol. The number of nitrogens with zero attached hydrogens (tertiary/aromatic N) is 2. The van der Waals surface area contributed by atoms with Gasteiger partial charge in [0.05, 0.1) is 17.2 Å². The Morgan fingerprint density at radius 1 is 1.00 bits per heavy atom. The van der Waals surface area contributed by atoms with Crippen molar-refractivity contribution in [1.29, 1.82) is 10.5 Å². The molecule has 0 bridgehead atoms. The fourth-order valence-electron chi connectivity index (χ4n) is 1.96. The first-order valence-corrected chi connectivity index (χ1v) is 6.73. The van der Waals surface area contributed by atoms with Crippen LogP contribution >= 0.6 is 15.9 Å². The van der Waals surface area contributed by atoms with E-state index in [0.717, 1.165) is 15.6 Å². The van der Waals surface area contributed by atoms with E-state index in [4.69, 9.17) is 15.3 Å². The van der Waals surface area contributed by atoms with Crippen molar-refractivity contribution in [2.24, 2.45) is 0 Å². The van der Waals surface area contributed by atoms with Crippen LogP contribution in [0.25, 0.3) is 0 Å². The minimum Gasteiger partial charge on any atom is -0.455 e. The first kappa shape index (κ1) is 14.1. The highest BCUT2D eigenvalue weighted by Gasteiger charge is 2.11. The molecule has 20 heavy (non-hydrogen) atoms. The third kappa shape index (κ3) is 2.82. The first-order chi connectivity index (χ1) is 9.55. The van der Waals surface area contributed by atoms with Crippen molar-refractivity contribution in [3.8, 4) is 23.6 Å². The van der Waals surface area contributed by atoms with E-state index in [1.54, 1.807) is 24.3 Å². The molecule has 0 heterocycles. The number of ether oxygens (including phenoxy) is 1. The molecule has 0 fully saturated rings. The predicted octanol–water partition coefficient (Wildman–Crippen LogP) is 4.60. The van der Waals surface area contributed by atoms with Crippen molar-refractivity contribution in [2.75, 3.05) is 0 Å². The molecule has 2 aromatic carbocycles. The van der Waals surface area contributed by atoms with Gasteiger partial charge in [0.25, 0.3) is 0 Å². The second kappa shape index (κ2) is 5.77.